The molecule has 0 spiro atoms. The molecule has 0 atom stereocenters. The highest BCUT2D eigenvalue weighted by Gasteiger charge is 2.18. The third kappa shape index (κ3) is 5.21. The van der Waals surface area contributed by atoms with E-state index in [1.54, 1.807) is 16.8 Å². The number of carbonyl (C=O) groups excluding carboxylic acids is 1. The average molecular weight is 469 g/mol. The molecule has 4 aromatic rings. The van der Waals surface area contributed by atoms with Gasteiger partial charge in [0.1, 0.15) is 5.82 Å². The van der Waals surface area contributed by atoms with Gasteiger partial charge in [0.2, 0.25) is 11.9 Å². The van der Waals surface area contributed by atoms with Gasteiger partial charge in [-0.15, -0.1) is 0 Å². The molecule has 3 N–H and O–H groups in total. The number of nitrogens with two attached hydrogens (primary N) is 1. The highest BCUT2D eigenvalue weighted by atomic mass is 35.5. The maximum atomic E-state index is 13.1. The Morgan fingerprint density at radius 3 is 2.58 bits per heavy atom. The summed E-state index contributed by atoms with van der Waals surface area (Å²) in [5, 5.41) is 7.36. The van der Waals surface area contributed by atoms with Gasteiger partial charge in [-0.3, -0.25) is 0 Å². The van der Waals surface area contributed by atoms with Crippen molar-refractivity contribution < 1.29 is 13.9 Å². The Morgan fingerprint density at radius 2 is 1.88 bits per heavy atom. The van der Waals surface area contributed by atoms with Crippen LogP contribution in [-0.2, 0) is 11.3 Å². The standard InChI is InChI=1S/C21H18ClFN8O2/c1-11-9-12(2)31(30-11)17-8-7-15(22)18(28-17)19(32)33-10-16-26-20(24)29-21(27-16)25-14-5-3-13(23)4-6-14/h3-9H,10H2,1-2H3,(H3,24,25,26,27,29). The minimum Gasteiger partial charge on any atom is -0.453 e. The highest BCUT2D eigenvalue weighted by molar-refractivity contribution is 6.33. The van der Waals surface area contributed by atoms with Gasteiger partial charge < -0.3 is 15.8 Å². The number of hydrogen-bond donors (Lipinski definition) is 2. The number of rotatable bonds is 6. The first kappa shape index (κ1) is 22.1. The van der Waals surface area contributed by atoms with E-state index in [0.717, 1.165) is 11.4 Å². The molecule has 0 amide bonds. The number of nitrogens with one attached hydrogen (secondary N) is 1. The summed E-state index contributed by atoms with van der Waals surface area (Å²) in [6.07, 6.45) is 0. The first-order chi connectivity index (χ1) is 15.8. The van der Waals surface area contributed by atoms with Crippen LogP contribution in [0.5, 0.6) is 0 Å². The van der Waals surface area contributed by atoms with Crippen molar-refractivity contribution in [2.45, 2.75) is 20.5 Å². The van der Waals surface area contributed by atoms with E-state index in [-0.39, 0.29) is 40.9 Å². The Morgan fingerprint density at radius 1 is 1.12 bits per heavy atom. The maximum absolute atomic E-state index is 13.1. The molecule has 0 fully saturated rings. The van der Waals surface area contributed by atoms with Crippen molar-refractivity contribution in [3.63, 3.8) is 0 Å². The largest absolute Gasteiger partial charge is 0.453 e. The van der Waals surface area contributed by atoms with Crippen LogP contribution in [0.1, 0.15) is 27.7 Å². The summed E-state index contributed by atoms with van der Waals surface area (Å²) in [6, 6.07) is 10.7. The molecule has 0 saturated heterocycles. The fourth-order valence-electron chi connectivity index (χ4n) is 2.97. The van der Waals surface area contributed by atoms with Gasteiger partial charge >= 0.3 is 5.97 Å². The number of hydrogen-bond acceptors (Lipinski definition) is 9. The number of anilines is 3. The van der Waals surface area contributed by atoms with Crippen LogP contribution in [0.2, 0.25) is 5.02 Å². The Labute approximate surface area is 192 Å². The van der Waals surface area contributed by atoms with Gasteiger partial charge in [0, 0.05) is 11.4 Å². The number of aromatic nitrogens is 6. The molecule has 0 radical (unpaired) electrons. The molecule has 3 aromatic heterocycles. The van der Waals surface area contributed by atoms with E-state index < -0.39 is 5.97 Å². The van der Waals surface area contributed by atoms with Crippen molar-refractivity contribution in [1.82, 2.24) is 29.7 Å². The second kappa shape index (κ2) is 9.17. The predicted octanol–water partition coefficient (Wildman–Crippen LogP) is 3.54. The van der Waals surface area contributed by atoms with Gasteiger partial charge in [-0.05, 0) is 56.3 Å². The van der Waals surface area contributed by atoms with Gasteiger partial charge in [-0.25, -0.2) is 18.9 Å². The summed E-state index contributed by atoms with van der Waals surface area (Å²) in [7, 11) is 0. The zero-order chi connectivity index (χ0) is 23.5. The zero-order valence-electron chi connectivity index (χ0n) is 17.6. The number of ether oxygens (including phenoxy) is 1. The van der Waals surface area contributed by atoms with Crippen molar-refractivity contribution >= 4 is 35.2 Å². The molecule has 1 aromatic carbocycles. The summed E-state index contributed by atoms with van der Waals surface area (Å²) in [5.41, 5.74) is 7.86. The van der Waals surface area contributed by atoms with Gasteiger partial charge in [0.05, 0.1) is 10.7 Å². The lowest BCUT2D eigenvalue weighted by atomic mass is 10.3. The number of esters is 1. The Balaban J connectivity index is 1.49. The first-order valence-corrected chi connectivity index (χ1v) is 10.1. The van der Waals surface area contributed by atoms with E-state index in [0.29, 0.717) is 11.5 Å². The van der Waals surface area contributed by atoms with Gasteiger partial charge in [-0.2, -0.15) is 20.1 Å². The summed E-state index contributed by atoms with van der Waals surface area (Å²) in [4.78, 5) is 29.1. The van der Waals surface area contributed by atoms with Crippen molar-refractivity contribution in [2.24, 2.45) is 0 Å². The molecule has 10 nitrogen and oxygen atoms in total. The smallest absolute Gasteiger partial charge is 0.359 e. The van der Waals surface area contributed by atoms with Crippen molar-refractivity contribution in [2.75, 3.05) is 11.1 Å². The van der Waals surface area contributed by atoms with Crippen LogP contribution >= 0.6 is 11.6 Å². The molecule has 168 valence electrons. The van der Waals surface area contributed by atoms with Gasteiger partial charge in [0.25, 0.3) is 0 Å². The summed E-state index contributed by atoms with van der Waals surface area (Å²) >= 11 is 6.17. The molecule has 0 aliphatic rings. The van der Waals surface area contributed by atoms with Crippen molar-refractivity contribution in [3.05, 3.63) is 76.2 Å². The Hall–Kier alpha value is -4.12. The molecule has 0 aliphatic carbocycles. The lowest BCUT2D eigenvalue weighted by Gasteiger charge is -2.09. The molecule has 0 unspecified atom stereocenters. The summed E-state index contributed by atoms with van der Waals surface area (Å²) in [5.74, 6) is -0.586. The molecule has 0 bridgehead atoms. The van der Waals surface area contributed by atoms with Gasteiger partial charge in [-0.1, -0.05) is 11.6 Å². The minimum absolute atomic E-state index is 0.0755. The second-order valence-corrected chi connectivity index (χ2v) is 7.39. The highest BCUT2D eigenvalue weighted by Crippen LogP contribution is 2.19. The number of carbonyl (C=O) groups is 1. The van der Waals surface area contributed by atoms with E-state index in [9.17, 15) is 9.18 Å². The van der Waals surface area contributed by atoms with E-state index >= 15 is 0 Å². The third-order valence-electron chi connectivity index (χ3n) is 4.38. The minimum atomic E-state index is -0.768. The maximum Gasteiger partial charge on any atom is 0.359 e. The predicted molar refractivity (Wildman–Crippen MR) is 119 cm³/mol. The fourth-order valence-corrected chi connectivity index (χ4v) is 3.16. The van der Waals surface area contributed by atoms with E-state index in [1.165, 1.54) is 24.3 Å². The van der Waals surface area contributed by atoms with Crippen LogP contribution in [-0.4, -0.2) is 35.7 Å². The van der Waals surface area contributed by atoms with Crippen molar-refractivity contribution in [3.8, 4) is 5.82 Å². The van der Waals surface area contributed by atoms with Crippen LogP contribution in [0.4, 0.5) is 22.0 Å². The number of benzene rings is 1. The molecule has 3 heterocycles. The van der Waals surface area contributed by atoms with E-state index in [1.807, 2.05) is 19.9 Å². The zero-order valence-corrected chi connectivity index (χ0v) is 18.3. The van der Waals surface area contributed by atoms with E-state index in [4.69, 9.17) is 22.1 Å². The first-order valence-electron chi connectivity index (χ1n) is 9.69. The number of pyridine rings is 1. The fraction of sp³-hybridized carbons (Fsp3) is 0.143. The number of aryl methyl sites for hydroxylation is 2. The number of halogens is 2. The molecular formula is C21H18ClFN8O2. The van der Waals surface area contributed by atoms with Crippen molar-refractivity contribution in [1.29, 1.82) is 0 Å². The quantitative estimate of drug-likeness (QED) is 0.407. The molecule has 0 aliphatic heterocycles. The molecular weight excluding hydrogens is 451 g/mol. The Bertz CT molecular complexity index is 1330. The van der Waals surface area contributed by atoms with Crippen LogP contribution in [0.25, 0.3) is 5.82 Å². The number of nitrogen functional groups attached to an aromatic ring is 1. The number of nitrogens with zero attached hydrogens (tertiary/aromatic N) is 6. The second-order valence-electron chi connectivity index (χ2n) is 6.98. The van der Waals surface area contributed by atoms with Crippen LogP contribution in [0.3, 0.4) is 0 Å². The molecule has 4 rings (SSSR count). The van der Waals surface area contributed by atoms with Crippen LogP contribution < -0.4 is 11.1 Å². The summed E-state index contributed by atoms with van der Waals surface area (Å²) < 4.78 is 20.0. The van der Waals surface area contributed by atoms with Gasteiger partial charge in [0.15, 0.2) is 23.9 Å². The van der Waals surface area contributed by atoms with E-state index in [2.05, 4.69) is 30.4 Å². The van der Waals surface area contributed by atoms with Crippen LogP contribution in [0.15, 0.2) is 42.5 Å². The molecule has 33 heavy (non-hydrogen) atoms. The monoisotopic (exact) mass is 468 g/mol. The SMILES string of the molecule is Cc1cc(C)n(-c2ccc(Cl)c(C(=O)OCc3nc(N)nc(Nc4ccc(F)cc4)n3)n2)n1. The normalized spacial score (nSPS) is 10.8. The average Bonchev–Trinajstić information content (AvgIpc) is 3.11. The lowest BCUT2D eigenvalue weighted by molar-refractivity contribution is 0.0455. The summed E-state index contributed by atoms with van der Waals surface area (Å²) in [6.45, 7) is 3.43. The molecule has 0 saturated carbocycles. The molecule has 12 heteroatoms. The lowest BCUT2D eigenvalue weighted by Crippen LogP contribution is -2.14. The Kier molecular flexibility index (Phi) is 6.13. The van der Waals surface area contributed by atoms with Crippen LogP contribution in [0, 0.1) is 19.7 Å². The topological polar surface area (TPSA) is 134 Å². The third-order valence-corrected chi connectivity index (χ3v) is 4.69.